The lowest BCUT2D eigenvalue weighted by molar-refractivity contribution is -0.192. The Labute approximate surface area is 140 Å². The molecule has 0 saturated carbocycles. The first-order valence-electron chi connectivity index (χ1n) is 7.44. The van der Waals surface area contributed by atoms with Crippen LogP contribution in [0.3, 0.4) is 0 Å². The van der Waals surface area contributed by atoms with Crippen molar-refractivity contribution in [2.75, 3.05) is 6.54 Å². The van der Waals surface area contributed by atoms with Gasteiger partial charge in [0.25, 0.3) is 0 Å². The standard InChI is InChI=1S/C15H15NO2.C2HF3O2/c17-15(18)12-8-11-6-3-5-10-4-1-2-7-13(10)14(11)16-9-12;3-2(4,5)1(6)7/h1-7,11-12,16H,8-9H2,(H,17,18);(H,6,7). The number of benzene rings is 1. The molecule has 0 spiro atoms. The average molecular weight is 355 g/mol. The second-order valence-corrected chi connectivity index (χ2v) is 5.61. The molecule has 134 valence electrons. The minimum atomic E-state index is -5.08. The van der Waals surface area contributed by atoms with Crippen LogP contribution in [0.15, 0.2) is 36.4 Å². The minimum absolute atomic E-state index is 0.180. The van der Waals surface area contributed by atoms with Crippen molar-refractivity contribution in [3.8, 4) is 0 Å². The number of nitrogens with one attached hydrogen (secondary N) is 1. The average Bonchev–Trinajstić information content (AvgIpc) is 2.73. The molecule has 1 saturated heterocycles. The molecule has 0 bridgehead atoms. The number of alkyl halides is 3. The van der Waals surface area contributed by atoms with Crippen molar-refractivity contribution in [1.82, 2.24) is 5.32 Å². The van der Waals surface area contributed by atoms with E-state index in [1.54, 1.807) is 0 Å². The lowest BCUT2D eigenvalue weighted by Gasteiger charge is -2.29. The Balaban J connectivity index is 0.000000277. The van der Waals surface area contributed by atoms with Gasteiger partial charge in [0.05, 0.1) is 5.92 Å². The highest BCUT2D eigenvalue weighted by molar-refractivity contribution is 5.73. The molecule has 8 heteroatoms. The number of carboxylic acids is 2. The van der Waals surface area contributed by atoms with E-state index in [0.717, 1.165) is 5.70 Å². The molecule has 1 aliphatic heterocycles. The highest BCUT2D eigenvalue weighted by atomic mass is 19.4. The zero-order chi connectivity index (χ0) is 18.6. The van der Waals surface area contributed by atoms with E-state index >= 15 is 0 Å². The normalized spacial score (nSPS) is 21.3. The maximum atomic E-state index is 11.1. The Bertz CT molecular complexity index is 814. The van der Waals surface area contributed by atoms with E-state index in [4.69, 9.17) is 15.0 Å². The number of hydrogen-bond donors (Lipinski definition) is 3. The summed E-state index contributed by atoms with van der Waals surface area (Å²) in [6.07, 6.45) is 1.80. The molecule has 2 aliphatic rings. The molecule has 1 aliphatic carbocycles. The van der Waals surface area contributed by atoms with Crippen LogP contribution in [0.1, 0.15) is 6.42 Å². The van der Waals surface area contributed by atoms with Crippen LogP contribution in [0.5, 0.6) is 0 Å². The maximum Gasteiger partial charge on any atom is 0.490 e. The molecule has 3 N–H and O–H groups in total. The van der Waals surface area contributed by atoms with Crippen LogP contribution < -0.4 is 15.8 Å². The molecule has 2 unspecified atom stereocenters. The van der Waals surface area contributed by atoms with Gasteiger partial charge in [-0.25, -0.2) is 4.79 Å². The molecule has 3 rings (SSSR count). The first kappa shape index (κ1) is 18.6. The van der Waals surface area contributed by atoms with Gasteiger partial charge < -0.3 is 15.5 Å². The topological polar surface area (TPSA) is 86.6 Å². The Morgan fingerprint density at radius 2 is 1.80 bits per heavy atom. The Hall–Kier alpha value is -2.77. The molecular weight excluding hydrogens is 339 g/mol. The minimum Gasteiger partial charge on any atom is -0.481 e. The van der Waals surface area contributed by atoms with E-state index < -0.39 is 18.1 Å². The molecule has 1 aromatic carbocycles. The van der Waals surface area contributed by atoms with E-state index in [1.807, 2.05) is 18.2 Å². The molecule has 0 aromatic heterocycles. The van der Waals surface area contributed by atoms with E-state index in [0.29, 0.717) is 13.0 Å². The number of carboxylic acid groups (broad SMARTS) is 2. The molecule has 1 heterocycles. The van der Waals surface area contributed by atoms with Gasteiger partial charge >= 0.3 is 18.1 Å². The summed E-state index contributed by atoms with van der Waals surface area (Å²) in [6.45, 7) is 0.517. The van der Waals surface area contributed by atoms with E-state index in [-0.39, 0.29) is 11.8 Å². The van der Waals surface area contributed by atoms with Crippen LogP contribution in [0.25, 0.3) is 11.8 Å². The number of rotatable bonds is 1. The van der Waals surface area contributed by atoms with Gasteiger partial charge in [0.15, 0.2) is 0 Å². The van der Waals surface area contributed by atoms with E-state index in [9.17, 15) is 18.0 Å². The smallest absolute Gasteiger partial charge is 0.481 e. The number of aliphatic carboxylic acids is 2. The van der Waals surface area contributed by atoms with Gasteiger partial charge in [-0.15, -0.1) is 0 Å². The van der Waals surface area contributed by atoms with Crippen molar-refractivity contribution in [2.24, 2.45) is 11.8 Å². The predicted octanol–water partition coefficient (Wildman–Crippen LogP) is 1.09. The van der Waals surface area contributed by atoms with E-state index in [2.05, 4.69) is 29.6 Å². The van der Waals surface area contributed by atoms with Gasteiger partial charge in [0, 0.05) is 23.4 Å². The summed E-state index contributed by atoms with van der Waals surface area (Å²) in [5.74, 6) is -3.59. The van der Waals surface area contributed by atoms with Gasteiger partial charge in [-0.2, -0.15) is 13.2 Å². The summed E-state index contributed by atoms with van der Waals surface area (Å²) in [4.78, 5) is 20.0. The maximum absolute atomic E-state index is 11.1. The van der Waals surface area contributed by atoms with Crippen LogP contribution in [0, 0.1) is 11.8 Å². The molecule has 0 amide bonds. The van der Waals surface area contributed by atoms with Crippen LogP contribution >= 0.6 is 0 Å². The molecule has 2 atom stereocenters. The van der Waals surface area contributed by atoms with Gasteiger partial charge in [-0.05, 0) is 11.6 Å². The zero-order valence-corrected chi connectivity index (χ0v) is 13.0. The van der Waals surface area contributed by atoms with Crippen molar-refractivity contribution >= 4 is 23.7 Å². The lowest BCUT2D eigenvalue weighted by Crippen LogP contribution is -2.42. The molecule has 0 radical (unpaired) electrons. The van der Waals surface area contributed by atoms with Gasteiger partial charge in [0.1, 0.15) is 0 Å². The van der Waals surface area contributed by atoms with Crippen LogP contribution in [0.2, 0.25) is 0 Å². The Kier molecular flexibility index (Phi) is 5.51. The lowest BCUT2D eigenvalue weighted by atomic mass is 9.87. The molecule has 1 aromatic rings. The van der Waals surface area contributed by atoms with Gasteiger partial charge in [-0.3, -0.25) is 4.79 Å². The quantitative estimate of drug-likeness (QED) is 0.702. The molecule has 5 nitrogen and oxygen atoms in total. The second kappa shape index (κ2) is 7.42. The third-order valence-corrected chi connectivity index (χ3v) is 3.91. The van der Waals surface area contributed by atoms with Gasteiger partial charge in [0.2, 0.25) is 0 Å². The monoisotopic (exact) mass is 355 g/mol. The van der Waals surface area contributed by atoms with Crippen LogP contribution in [-0.4, -0.2) is 34.9 Å². The largest absolute Gasteiger partial charge is 0.490 e. The molecular formula is C17H16F3NO4. The van der Waals surface area contributed by atoms with Crippen molar-refractivity contribution in [3.63, 3.8) is 0 Å². The SMILES string of the molecule is O=C(O)C(F)(F)F.O=C(O)C1CNC2=c3ccccc3=CC=CC2C1. The first-order chi connectivity index (χ1) is 11.7. The van der Waals surface area contributed by atoms with Gasteiger partial charge in [-0.1, -0.05) is 42.5 Å². The second-order valence-electron chi connectivity index (χ2n) is 5.61. The summed E-state index contributed by atoms with van der Waals surface area (Å²) in [5, 5.41) is 21.9. The molecule has 1 fully saturated rings. The van der Waals surface area contributed by atoms with Crippen molar-refractivity contribution in [3.05, 3.63) is 46.9 Å². The summed E-state index contributed by atoms with van der Waals surface area (Å²) in [5.41, 5.74) is 1.16. The number of fused-ring (bicyclic) bond motifs is 2. The fourth-order valence-corrected chi connectivity index (χ4v) is 2.71. The molecule has 25 heavy (non-hydrogen) atoms. The third-order valence-electron chi connectivity index (χ3n) is 3.91. The van der Waals surface area contributed by atoms with Crippen molar-refractivity contribution in [2.45, 2.75) is 12.6 Å². The number of carbonyl (C=O) groups is 2. The Morgan fingerprint density at radius 3 is 2.40 bits per heavy atom. The fraction of sp³-hybridized carbons (Fsp3) is 0.294. The Morgan fingerprint density at radius 1 is 1.16 bits per heavy atom. The van der Waals surface area contributed by atoms with Crippen LogP contribution in [-0.2, 0) is 9.59 Å². The number of hydrogen-bond acceptors (Lipinski definition) is 3. The summed E-state index contributed by atoms with van der Waals surface area (Å²) >= 11 is 0. The summed E-state index contributed by atoms with van der Waals surface area (Å²) < 4.78 is 31.7. The number of halogens is 3. The third kappa shape index (κ3) is 4.62. The van der Waals surface area contributed by atoms with Crippen molar-refractivity contribution in [1.29, 1.82) is 0 Å². The first-order valence-corrected chi connectivity index (χ1v) is 7.44. The summed E-state index contributed by atoms with van der Waals surface area (Å²) in [7, 11) is 0. The van der Waals surface area contributed by atoms with Crippen LogP contribution in [0.4, 0.5) is 13.2 Å². The summed E-state index contributed by atoms with van der Waals surface area (Å²) in [6, 6.07) is 8.22. The zero-order valence-electron chi connectivity index (χ0n) is 13.0. The highest BCUT2D eigenvalue weighted by Crippen LogP contribution is 2.25. The number of piperidine rings is 1. The van der Waals surface area contributed by atoms with Crippen molar-refractivity contribution < 1.29 is 33.0 Å². The van der Waals surface area contributed by atoms with E-state index in [1.165, 1.54) is 10.4 Å². The fourth-order valence-electron chi connectivity index (χ4n) is 2.71. The predicted molar refractivity (Wildman–Crippen MR) is 83.6 cm³/mol. The number of allylic oxidation sites excluding steroid dienone is 1. The highest BCUT2D eigenvalue weighted by Gasteiger charge is 2.38.